The number of aromatic hydroxyl groups is 1. The molecule has 3 aromatic rings. The highest BCUT2D eigenvalue weighted by Gasteiger charge is 2.50. The molecule has 1 aliphatic rings. The number of hydrogen-bond donors (Lipinski definition) is 10. The first-order chi connectivity index (χ1) is 31.7. The predicted molar refractivity (Wildman–Crippen MR) is 217 cm³/mol. The Kier molecular flexibility index (Phi) is 14.8. The van der Waals surface area contributed by atoms with Crippen LogP contribution in [0.2, 0.25) is 0 Å². The van der Waals surface area contributed by atoms with Crippen molar-refractivity contribution in [3.8, 4) is 17.2 Å². The average Bonchev–Trinajstić information content (AvgIpc) is 3.77. The van der Waals surface area contributed by atoms with E-state index < -0.39 is 121 Å². The maximum atomic E-state index is 12.7. The lowest BCUT2D eigenvalue weighted by atomic mass is 9.87. The van der Waals surface area contributed by atoms with Crippen molar-refractivity contribution in [3.05, 3.63) is 36.4 Å². The molecule has 3 heterocycles. The molecule has 0 spiro atoms. The molecule has 0 bridgehead atoms. The molecule has 350 valence electrons. The summed E-state index contributed by atoms with van der Waals surface area (Å²) in [6, 6.07) is 2.06. The molecule has 2 amide bonds. The summed E-state index contributed by atoms with van der Waals surface area (Å²) < 4.78 is 115. The Morgan fingerprint density at radius 1 is 1.05 bits per heavy atom. The van der Waals surface area contributed by atoms with Crippen LogP contribution in [0.4, 0.5) is 5.82 Å². The SMILES string of the molecule is [2H][13C]([2H])([2H])Oc1cc(/[13CH]=C/C(=O)SCCNC(=O)CCNC(=O)[C@H](O)C(C)(C)COP(=O)(O)OP(=O)(O)OC[C@H]2O[C@@H](n3cnc4c(N)ncnc43)[C@H](O)[C@@H]2OP(=O)(O)O)cc(O[13C]([2H])([2H])[2H])c1O. The van der Waals surface area contributed by atoms with Gasteiger partial charge in [0, 0.05) is 30.7 Å². The van der Waals surface area contributed by atoms with Gasteiger partial charge in [-0.3, -0.25) is 32.5 Å². The first kappa shape index (κ1) is 42.8. The number of phosphoric ester groups is 3. The monoisotopic (exact) mass is 982 g/mol. The number of benzene rings is 1. The number of fused-ring (bicyclic) bond motifs is 1. The number of imidazole rings is 1. The third kappa shape index (κ3) is 14.7. The van der Waals surface area contributed by atoms with Crippen LogP contribution in [0.1, 0.15) is 40.3 Å². The van der Waals surface area contributed by atoms with Crippen LogP contribution in [0, 0.1) is 5.41 Å². The summed E-state index contributed by atoms with van der Waals surface area (Å²) in [5.74, 6) is -3.85. The number of nitrogen functional groups attached to an aromatic ring is 1. The van der Waals surface area contributed by atoms with Crippen molar-refractivity contribution in [2.75, 3.05) is 51.9 Å². The van der Waals surface area contributed by atoms with Gasteiger partial charge < -0.3 is 65.5 Å². The number of carbonyl (C=O) groups is 3. The molecular formula is C32H46N7O20P3S. The fourth-order valence-corrected chi connectivity index (χ4v) is 8.75. The van der Waals surface area contributed by atoms with E-state index in [4.69, 9.17) is 37.2 Å². The number of phosphoric acid groups is 3. The van der Waals surface area contributed by atoms with Gasteiger partial charge in [0.25, 0.3) is 0 Å². The summed E-state index contributed by atoms with van der Waals surface area (Å²) in [7, 11) is -22.6. The van der Waals surface area contributed by atoms with Gasteiger partial charge in [0.15, 0.2) is 29.2 Å². The smallest absolute Gasteiger partial charge is 0.481 e. The number of methoxy groups -OCH3 is 2. The van der Waals surface area contributed by atoms with Crippen LogP contribution in [0.25, 0.3) is 17.2 Å². The highest BCUT2D eigenvalue weighted by molar-refractivity contribution is 8.14. The van der Waals surface area contributed by atoms with Crippen LogP contribution in [0.5, 0.6) is 17.2 Å². The van der Waals surface area contributed by atoms with Crippen molar-refractivity contribution in [3.63, 3.8) is 0 Å². The van der Waals surface area contributed by atoms with Gasteiger partial charge >= 0.3 is 23.5 Å². The molecule has 0 aliphatic carbocycles. The largest absolute Gasteiger partial charge is 0.502 e. The molecule has 4 rings (SSSR count). The van der Waals surface area contributed by atoms with Crippen molar-refractivity contribution >= 4 is 75.2 Å². The van der Waals surface area contributed by atoms with Crippen molar-refractivity contribution < 1.29 is 103 Å². The number of rotatable bonds is 23. The molecular weight excluding hydrogens is 930 g/mol. The Morgan fingerprint density at radius 2 is 1.71 bits per heavy atom. The Bertz CT molecular complexity index is 2480. The molecule has 0 saturated carbocycles. The van der Waals surface area contributed by atoms with E-state index in [-0.39, 0.29) is 47.8 Å². The number of phenolic OH excluding ortho intramolecular Hbond substituents is 1. The lowest BCUT2D eigenvalue weighted by Crippen LogP contribution is -2.46. The molecule has 7 atom stereocenters. The number of nitrogens with one attached hydrogen (secondary N) is 2. The van der Waals surface area contributed by atoms with E-state index in [0.717, 1.165) is 47.2 Å². The quantitative estimate of drug-likeness (QED) is 0.0261. The number of aromatic nitrogens is 4. The number of amides is 2. The Morgan fingerprint density at radius 3 is 2.37 bits per heavy atom. The van der Waals surface area contributed by atoms with E-state index in [2.05, 4.69) is 34.4 Å². The van der Waals surface area contributed by atoms with E-state index in [9.17, 15) is 63.0 Å². The first-order valence-electron chi connectivity index (χ1n) is 20.6. The molecule has 11 N–H and O–H groups in total. The van der Waals surface area contributed by atoms with Crippen LogP contribution >= 0.6 is 35.2 Å². The molecule has 1 fully saturated rings. The predicted octanol–water partition coefficient (Wildman–Crippen LogP) is 0.101. The van der Waals surface area contributed by atoms with Crippen molar-refractivity contribution in [2.45, 2.75) is 50.9 Å². The molecule has 31 heteroatoms. The molecule has 1 aromatic carbocycles. The number of aliphatic hydroxyl groups is 2. The van der Waals surface area contributed by atoms with Crippen molar-refractivity contribution in [1.29, 1.82) is 0 Å². The Balaban J connectivity index is 1.20. The molecule has 2 aromatic heterocycles. The van der Waals surface area contributed by atoms with E-state index in [1.165, 1.54) is 19.9 Å². The normalized spacial score (nSPS) is 22.3. The minimum Gasteiger partial charge on any atom is -0.502 e. The second-order valence-corrected chi connectivity index (χ2v) is 19.0. The summed E-state index contributed by atoms with van der Waals surface area (Å²) in [5, 5.41) is 36.0. The summed E-state index contributed by atoms with van der Waals surface area (Å²) in [5.41, 5.74) is 4.15. The highest BCUT2D eigenvalue weighted by Crippen LogP contribution is 2.61. The third-order valence-electron chi connectivity index (χ3n) is 8.44. The first-order valence-corrected chi connectivity index (χ1v) is 23.2. The van der Waals surface area contributed by atoms with Gasteiger partial charge in [-0.1, -0.05) is 31.7 Å². The van der Waals surface area contributed by atoms with Gasteiger partial charge in [-0.15, -0.1) is 0 Å². The fraction of sp³-hybridized carbons (Fsp3) is 0.500. The standard InChI is InChI=1S/C32H46N7O20P3S/c1-32(2,27(44)30(45)35-8-7-21(40)34-9-10-63-22(41)6-5-17-11-18(53-3)24(42)19(12-17)54-4)14-56-62(51,52)59-61(49,50)55-13-20-26(58-60(46,47)48)25(43)31(57-20)39-16-38-23-28(33)36-15-37-29(23)39/h5-6,11-12,15-16,20,25-27,31,42-44H,7-10,13-14H2,1-4H3,(H,34,40)(H,35,45)(H,49,50)(H,51,52)(H2,33,36,37)(H2,46,47,48)/b6-5+/t20-,25-,26-,27+,31-/m1/s1/i3+1D3,4+1D3,5+1. The summed E-state index contributed by atoms with van der Waals surface area (Å²) in [6.45, 7) is -0.1000. The second kappa shape index (κ2) is 21.7. The number of hydrogen-bond acceptors (Lipinski definition) is 21. The zero-order chi connectivity index (χ0) is 51.9. The summed E-state index contributed by atoms with van der Waals surface area (Å²) >= 11 is 0.742. The number of carbonyl (C=O) groups excluding carboxylic acids is 3. The number of nitrogens with zero attached hydrogens (tertiary/aromatic N) is 4. The zero-order valence-corrected chi connectivity index (χ0v) is 36.1. The number of ether oxygens (including phenoxy) is 3. The van der Waals surface area contributed by atoms with Gasteiger partial charge in [0.2, 0.25) is 22.7 Å². The van der Waals surface area contributed by atoms with E-state index >= 15 is 0 Å². The van der Waals surface area contributed by atoms with Gasteiger partial charge in [0.1, 0.15) is 36.3 Å². The third-order valence-corrected chi connectivity index (χ3v) is 12.4. The molecule has 0 radical (unpaired) electrons. The number of phenols is 1. The van der Waals surface area contributed by atoms with Crippen LogP contribution in [-0.4, -0.2) is 142 Å². The van der Waals surface area contributed by atoms with Gasteiger partial charge in [-0.05, 0) is 23.8 Å². The number of thioether (sulfide) groups is 1. The minimum absolute atomic E-state index is 0.00239. The number of nitrogens with two attached hydrogens (primary N) is 1. The number of aliphatic hydroxyl groups excluding tert-OH is 2. The van der Waals surface area contributed by atoms with Crippen LogP contribution in [0.3, 0.4) is 0 Å². The summed E-state index contributed by atoms with van der Waals surface area (Å²) in [4.78, 5) is 88.5. The lowest BCUT2D eigenvalue weighted by molar-refractivity contribution is -0.137. The Labute approximate surface area is 370 Å². The van der Waals surface area contributed by atoms with Gasteiger partial charge in [-0.2, -0.15) is 4.31 Å². The molecule has 63 heavy (non-hydrogen) atoms. The summed E-state index contributed by atoms with van der Waals surface area (Å²) in [6.07, 6.45) is -5.15. The van der Waals surface area contributed by atoms with Gasteiger partial charge in [0.05, 0.1) is 41.8 Å². The zero-order valence-electron chi connectivity index (χ0n) is 38.6. The molecule has 1 saturated heterocycles. The Hall–Kier alpha value is -4.08. The van der Waals surface area contributed by atoms with Crippen molar-refractivity contribution in [1.82, 2.24) is 30.2 Å². The maximum Gasteiger partial charge on any atom is 0.481 e. The van der Waals surface area contributed by atoms with E-state index in [1.807, 2.05) is 0 Å². The van der Waals surface area contributed by atoms with Crippen LogP contribution < -0.4 is 25.8 Å². The van der Waals surface area contributed by atoms with E-state index in [0.29, 0.717) is 0 Å². The second-order valence-electron chi connectivity index (χ2n) is 13.6. The van der Waals surface area contributed by atoms with Crippen molar-refractivity contribution in [2.24, 2.45) is 5.41 Å². The average molecular weight is 983 g/mol. The van der Waals surface area contributed by atoms with Crippen LogP contribution in [0.15, 0.2) is 30.9 Å². The minimum atomic E-state index is -5.63. The van der Waals surface area contributed by atoms with Crippen LogP contribution in [-0.2, 0) is 50.7 Å². The maximum absolute atomic E-state index is 12.7. The lowest BCUT2D eigenvalue weighted by Gasteiger charge is -2.30. The van der Waals surface area contributed by atoms with Gasteiger partial charge in [-0.25, -0.2) is 28.6 Å². The number of anilines is 1. The molecule has 27 nitrogen and oxygen atoms in total. The van der Waals surface area contributed by atoms with E-state index in [1.54, 1.807) is 0 Å². The molecule has 1 aliphatic heterocycles. The topological polar surface area (TPSA) is 402 Å². The fourth-order valence-electron chi connectivity index (χ4n) is 5.35. The highest BCUT2D eigenvalue weighted by atomic mass is 32.2. The molecule has 2 unspecified atom stereocenters.